The number of nitrogens with two attached hydrogens (primary N) is 1. The van der Waals surface area contributed by atoms with Crippen molar-refractivity contribution in [3.05, 3.63) is 52.9 Å². The number of likely N-dealkylation sites (tertiary alicyclic amines) is 1. The van der Waals surface area contributed by atoms with Gasteiger partial charge >= 0.3 is 0 Å². The SMILES string of the molecule is Nc1ncc2c(n1)C1(CCCN(C(=O)Cc3cccc(F)c3F)C1)CC2. The minimum Gasteiger partial charge on any atom is -0.368 e. The topological polar surface area (TPSA) is 72.1 Å². The van der Waals surface area contributed by atoms with E-state index in [0.717, 1.165) is 43.0 Å². The molecule has 1 atom stereocenters. The molecular weight excluding hydrogens is 338 g/mol. The van der Waals surface area contributed by atoms with E-state index in [-0.39, 0.29) is 29.3 Å². The molecule has 1 aromatic carbocycles. The van der Waals surface area contributed by atoms with E-state index in [1.165, 1.54) is 12.1 Å². The van der Waals surface area contributed by atoms with Gasteiger partial charge in [0.2, 0.25) is 11.9 Å². The highest BCUT2D eigenvalue weighted by molar-refractivity contribution is 5.79. The first-order valence-electron chi connectivity index (χ1n) is 8.81. The van der Waals surface area contributed by atoms with Gasteiger partial charge in [0.15, 0.2) is 11.6 Å². The number of amides is 1. The molecule has 1 fully saturated rings. The maximum atomic E-state index is 13.9. The van der Waals surface area contributed by atoms with E-state index < -0.39 is 11.6 Å². The first-order valence-corrected chi connectivity index (χ1v) is 8.81. The molecule has 1 saturated heterocycles. The Morgan fingerprint density at radius 1 is 1.31 bits per heavy atom. The Hall–Kier alpha value is -2.57. The first kappa shape index (κ1) is 16.9. The number of halogens is 2. The van der Waals surface area contributed by atoms with Crippen molar-refractivity contribution in [1.82, 2.24) is 14.9 Å². The third-order valence-corrected chi connectivity index (χ3v) is 5.56. The van der Waals surface area contributed by atoms with E-state index in [1.54, 1.807) is 11.1 Å². The largest absolute Gasteiger partial charge is 0.368 e. The van der Waals surface area contributed by atoms with Crippen molar-refractivity contribution < 1.29 is 13.6 Å². The maximum absolute atomic E-state index is 13.9. The summed E-state index contributed by atoms with van der Waals surface area (Å²) < 4.78 is 27.3. The molecule has 0 bridgehead atoms. The van der Waals surface area contributed by atoms with Gasteiger partial charge in [-0.05, 0) is 37.3 Å². The average Bonchev–Trinajstić information content (AvgIpc) is 2.96. The zero-order valence-corrected chi connectivity index (χ0v) is 14.3. The Morgan fingerprint density at radius 2 is 2.15 bits per heavy atom. The highest BCUT2D eigenvalue weighted by atomic mass is 19.2. The van der Waals surface area contributed by atoms with Crippen LogP contribution in [0, 0.1) is 11.6 Å². The molecule has 136 valence electrons. The van der Waals surface area contributed by atoms with Crippen LogP contribution in [0.5, 0.6) is 0 Å². The fourth-order valence-electron chi connectivity index (χ4n) is 4.26. The van der Waals surface area contributed by atoms with Crippen LogP contribution in [0.2, 0.25) is 0 Å². The number of fused-ring (bicyclic) bond motifs is 2. The quantitative estimate of drug-likeness (QED) is 0.895. The number of piperidine rings is 1. The molecule has 2 aliphatic rings. The van der Waals surface area contributed by atoms with Gasteiger partial charge in [-0.25, -0.2) is 18.7 Å². The van der Waals surface area contributed by atoms with Gasteiger partial charge in [0.05, 0.1) is 12.1 Å². The van der Waals surface area contributed by atoms with Gasteiger partial charge in [-0.3, -0.25) is 4.79 Å². The summed E-state index contributed by atoms with van der Waals surface area (Å²) in [4.78, 5) is 23.0. The molecule has 7 heteroatoms. The van der Waals surface area contributed by atoms with Gasteiger partial charge in [0.1, 0.15) is 0 Å². The summed E-state index contributed by atoms with van der Waals surface area (Å²) in [6.07, 6.45) is 5.19. The van der Waals surface area contributed by atoms with Crippen LogP contribution in [-0.4, -0.2) is 33.9 Å². The van der Waals surface area contributed by atoms with Gasteiger partial charge in [0, 0.05) is 30.3 Å². The predicted molar refractivity (Wildman–Crippen MR) is 92.3 cm³/mol. The molecule has 0 saturated carbocycles. The van der Waals surface area contributed by atoms with Crippen molar-refractivity contribution in [2.45, 2.75) is 37.5 Å². The molecule has 2 heterocycles. The van der Waals surface area contributed by atoms with Crippen molar-refractivity contribution in [2.75, 3.05) is 18.8 Å². The fraction of sp³-hybridized carbons (Fsp3) is 0.421. The van der Waals surface area contributed by atoms with E-state index in [0.29, 0.717) is 13.1 Å². The molecule has 1 aromatic heterocycles. The highest BCUT2D eigenvalue weighted by Gasteiger charge is 2.44. The van der Waals surface area contributed by atoms with Crippen LogP contribution in [0.25, 0.3) is 0 Å². The van der Waals surface area contributed by atoms with Gasteiger partial charge in [-0.15, -0.1) is 0 Å². The van der Waals surface area contributed by atoms with E-state index in [2.05, 4.69) is 9.97 Å². The summed E-state index contributed by atoms with van der Waals surface area (Å²) in [5, 5.41) is 0. The number of aromatic nitrogens is 2. The Kier molecular flexibility index (Phi) is 4.09. The number of hydrogen-bond donors (Lipinski definition) is 1. The number of carbonyl (C=O) groups excluding carboxylic acids is 1. The molecular formula is C19H20F2N4O. The third kappa shape index (κ3) is 2.81. The van der Waals surface area contributed by atoms with Crippen LogP contribution in [0.1, 0.15) is 36.1 Å². The lowest BCUT2D eigenvalue weighted by molar-refractivity contribution is -0.132. The lowest BCUT2D eigenvalue weighted by Gasteiger charge is -2.40. The van der Waals surface area contributed by atoms with Gasteiger partial charge in [-0.2, -0.15) is 0 Å². The second kappa shape index (κ2) is 6.30. The van der Waals surface area contributed by atoms with Crippen LogP contribution < -0.4 is 5.73 Å². The van der Waals surface area contributed by atoms with E-state index in [1.807, 2.05) is 0 Å². The predicted octanol–water partition coefficient (Wildman–Crippen LogP) is 2.39. The van der Waals surface area contributed by atoms with Gasteiger partial charge < -0.3 is 10.6 Å². The normalized spacial score (nSPS) is 21.8. The minimum atomic E-state index is -0.945. The molecule has 26 heavy (non-hydrogen) atoms. The fourth-order valence-corrected chi connectivity index (χ4v) is 4.26. The Labute approximate surface area is 150 Å². The highest BCUT2D eigenvalue weighted by Crippen LogP contribution is 2.44. The molecule has 2 N–H and O–H groups in total. The second-order valence-corrected chi connectivity index (χ2v) is 7.19. The molecule has 5 nitrogen and oxygen atoms in total. The van der Waals surface area contributed by atoms with Crippen molar-refractivity contribution in [3.63, 3.8) is 0 Å². The zero-order chi connectivity index (χ0) is 18.3. The number of rotatable bonds is 2. The molecule has 2 aromatic rings. The van der Waals surface area contributed by atoms with Crippen molar-refractivity contribution in [1.29, 1.82) is 0 Å². The van der Waals surface area contributed by atoms with E-state index in [4.69, 9.17) is 5.73 Å². The molecule has 1 unspecified atom stereocenters. The van der Waals surface area contributed by atoms with Crippen LogP contribution >= 0.6 is 0 Å². The summed E-state index contributed by atoms with van der Waals surface area (Å²) in [6, 6.07) is 3.93. The Bertz CT molecular complexity index is 869. The third-order valence-electron chi connectivity index (χ3n) is 5.56. The summed E-state index contributed by atoms with van der Waals surface area (Å²) in [5.41, 5.74) is 7.68. The first-order chi connectivity index (χ1) is 12.5. The summed E-state index contributed by atoms with van der Waals surface area (Å²) >= 11 is 0. The Morgan fingerprint density at radius 3 is 3.00 bits per heavy atom. The van der Waals surface area contributed by atoms with Crippen molar-refractivity contribution in [2.24, 2.45) is 0 Å². The molecule has 1 amide bonds. The second-order valence-electron chi connectivity index (χ2n) is 7.19. The monoisotopic (exact) mass is 358 g/mol. The van der Waals surface area contributed by atoms with Crippen LogP contribution in [0.3, 0.4) is 0 Å². The number of carbonyl (C=O) groups is 1. The molecule has 1 spiro atoms. The maximum Gasteiger partial charge on any atom is 0.227 e. The molecule has 4 rings (SSSR count). The smallest absolute Gasteiger partial charge is 0.227 e. The molecule has 1 aliphatic heterocycles. The summed E-state index contributed by atoms with van der Waals surface area (Å²) in [7, 11) is 0. The van der Waals surface area contributed by atoms with E-state index in [9.17, 15) is 13.6 Å². The number of anilines is 1. The lowest BCUT2D eigenvalue weighted by Crippen LogP contribution is -2.48. The molecule has 0 radical (unpaired) electrons. The number of aryl methyl sites for hydroxylation is 1. The minimum absolute atomic E-state index is 0.0908. The zero-order valence-electron chi connectivity index (χ0n) is 14.3. The number of nitrogens with zero attached hydrogens (tertiary/aromatic N) is 3. The van der Waals surface area contributed by atoms with E-state index >= 15 is 0 Å². The van der Waals surface area contributed by atoms with Gasteiger partial charge in [-0.1, -0.05) is 12.1 Å². The number of nitrogen functional groups attached to an aromatic ring is 1. The van der Waals surface area contributed by atoms with Crippen molar-refractivity contribution >= 4 is 11.9 Å². The van der Waals surface area contributed by atoms with Crippen LogP contribution in [0.15, 0.2) is 24.4 Å². The Balaban J connectivity index is 1.56. The van der Waals surface area contributed by atoms with Crippen LogP contribution in [-0.2, 0) is 23.1 Å². The number of hydrogen-bond acceptors (Lipinski definition) is 4. The number of benzene rings is 1. The summed E-state index contributed by atoms with van der Waals surface area (Å²) in [6.45, 7) is 1.15. The summed E-state index contributed by atoms with van der Waals surface area (Å²) in [5.74, 6) is -1.82. The average molecular weight is 358 g/mol. The molecule has 1 aliphatic carbocycles. The van der Waals surface area contributed by atoms with Gasteiger partial charge in [0.25, 0.3) is 0 Å². The van der Waals surface area contributed by atoms with Crippen molar-refractivity contribution in [3.8, 4) is 0 Å². The van der Waals surface area contributed by atoms with Crippen LogP contribution in [0.4, 0.5) is 14.7 Å². The standard InChI is InChI=1S/C19H20F2N4O/c20-14-4-1-3-12(16(14)21)9-15(26)25-8-2-6-19(11-25)7-5-13-10-23-18(22)24-17(13)19/h1,3-4,10H,2,5-9,11H2,(H2,22,23,24). The lowest BCUT2D eigenvalue weighted by atomic mass is 9.77.